The molecule has 0 bridgehead atoms. The highest BCUT2D eigenvalue weighted by molar-refractivity contribution is 6.98. The lowest BCUT2D eigenvalue weighted by molar-refractivity contribution is 0.459. The van der Waals surface area contributed by atoms with Crippen LogP contribution < -0.4 is 25.9 Å². The average molecular weight is 755 g/mol. The molecule has 1 unspecified atom stereocenters. The van der Waals surface area contributed by atoms with E-state index < -0.39 is 0 Å². The Hall–Kier alpha value is -7.50. The SMILES string of the molecule is C1=CC(c2cc(-c3ccc4c5ccccc5n(-c5ccccc5)c4c3)c3c4c2Oc2ccccc2B4c2ccccc2O3)Cc2c1c1ccccc1n2-c1ccccc1. The molecule has 0 N–H and O–H groups in total. The topological polar surface area (TPSA) is 28.3 Å². The molecule has 4 heterocycles. The first kappa shape index (κ1) is 32.6. The summed E-state index contributed by atoms with van der Waals surface area (Å²) in [7, 11) is 0. The number of aromatic nitrogens is 2. The lowest BCUT2D eigenvalue weighted by Crippen LogP contribution is -2.57. The van der Waals surface area contributed by atoms with Crippen molar-refractivity contribution in [2.45, 2.75) is 12.3 Å². The highest BCUT2D eigenvalue weighted by atomic mass is 16.5. The Bertz CT molecular complexity index is 3370. The largest absolute Gasteiger partial charge is 0.458 e. The van der Waals surface area contributed by atoms with Gasteiger partial charge in [-0.1, -0.05) is 133 Å². The van der Waals surface area contributed by atoms with Crippen molar-refractivity contribution in [2.24, 2.45) is 0 Å². The van der Waals surface area contributed by atoms with E-state index in [0.717, 1.165) is 73.7 Å². The molecule has 4 nitrogen and oxygen atoms in total. The molecule has 276 valence electrons. The first-order valence-electron chi connectivity index (χ1n) is 20.5. The minimum Gasteiger partial charge on any atom is -0.458 e. The summed E-state index contributed by atoms with van der Waals surface area (Å²) in [6.45, 7) is -0.0491. The summed E-state index contributed by atoms with van der Waals surface area (Å²) >= 11 is 0. The lowest BCUT2D eigenvalue weighted by atomic mass is 9.34. The number of fused-ring (bicyclic) bond motifs is 10. The highest BCUT2D eigenvalue weighted by Gasteiger charge is 2.43. The Morgan fingerprint density at radius 1 is 0.492 bits per heavy atom. The summed E-state index contributed by atoms with van der Waals surface area (Å²) < 4.78 is 19.1. The average Bonchev–Trinajstić information content (AvgIpc) is 3.81. The molecule has 13 rings (SSSR count). The van der Waals surface area contributed by atoms with E-state index >= 15 is 0 Å². The van der Waals surface area contributed by atoms with Crippen LogP contribution in [0.15, 0.2) is 188 Å². The lowest BCUT2D eigenvalue weighted by Gasteiger charge is -2.36. The molecule has 0 saturated heterocycles. The zero-order valence-electron chi connectivity index (χ0n) is 32.0. The van der Waals surface area contributed by atoms with Crippen LogP contribution in [0.5, 0.6) is 23.0 Å². The van der Waals surface area contributed by atoms with E-state index in [1.54, 1.807) is 0 Å². The van der Waals surface area contributed by atoms with Gasteiger partial charge in [-0.25, -0.2) is 0 Å². The smallest absolute Gasteiger partial charge is 0.260 e. The molecule has 8 aromatic carbocycles. The van der Waals surface area contributed by atoms with Gasteiger partial charge in [0.15, 0.2) is 0 Å². The Morgan fingerprint density at radius 3 is 1.80 bits per heavy atom. The molecule has 10 aromatic rings. The highest BCUT2D eigenvalue weighted by Crippen LogP contribution is 2.48. The fourth-order valence-electron chi connectivity index (χ4n) is 10.3. The second kappa shape index (κ2) is 12.5. The maximum absolute atomic E-state index is 7.14. The zero-order valence-corrected chi connectivity index (χ0v) is 32.0. The molecule has 0 radical (unpaired) electrons. The Morgan fingerprint density at radius 2 is 1.07 bits per heavy atom. The van der Waals surface area contributed by atoms with E-state index in [2.05, 4.69) is 203 Å². The summed E-state index contributed by atoms with van der Waals surface area (Å²) in [5, 5.41) is 3.72. The van der Waals surface area contributed by atoms with Crippen LogP contribution in [0.4, 0.5) is 0 Å². The van der Waals surface area contributed by atoms with Gasteiger partial charge in [-0.2, -0.15) is 0 Å². The second-order valence-corrected chi connectivity index (χ2v) is 15.9. The Kier molecular flexibility index (Phi) is 6.90. The van der Waals surface area contributed by atoms with Crippen molar-refractivity contribution in [2.75, 3.05) is 0 Å². The molecule has 0 amide bonds. The molecule has 0 saturated carbocycles. The number of benzene rings is 8. The Balaban J connectivity index is 1.08. The van der Waals surface area contributed by atoms with E-state index in [4.69, 9.17) is 9.47 Å². The van der Waals surface area contributed by atoms with Crippen molar-refractivity contribution in [3.05, 3.63) is 205 Å². The molecule has 1 atom stereocenters. The van der Waals surface area contributed by atoms with Crippen LogP contribution in [0, 0.1) is 0 Å². The van der Waals surface area contributed by atoms with Crippen LogP contribution in [-0.4, -0.2) is 15.8 Å². The molecule has 5 heteroatoms. The van der Waals surface area contributed by atoms with Gasteiger partial charge in [0.25, 0.3) is 6.71 Å². The predicted octanol–water partition coefficient (Wildman–Crippen LogP) is 11.5. The molecule has 59 heavy (non-hydrogen) atoms. The van der Waals surface area contributed by atoms with Gasteiger partial charge in [0.05, 0.1) is 16.6 Å². The third-order valence-electron chi connectivity index (χ3n) is 12.8. The summed E-state index contributed by atoms with van der Waals surface area (Å²) in [6, 6.07) is 65.4. The maximum atomic E-state index is 7.14. The van der Waals surface area contributed by atoms with Crippen molar-refractivity contribution in [1.29, 1.82) is 0 Å². The van der Waals surface area contributed by atoms with Gasteiger partial charge in [-0.3, -0.25) is 0 Å². The number of hydrogen-bond donors (Lipinski definition) is 0. The van der Waals surface area contributed by atoms with Crippen molar-refractivity contribution in [3.63, 3.8) is 0 Å². The van der Waals surface area contributed by atoms with Gasteiger partial charge in [-0.15, -0.1) is 0 Å². The summed E-state index contributed by atoms with van der Waals surface area (Å²) in [6.07, 6.45) is 5.57. The zero-order chi connectivity index (χ0) is 38.6. The van der Waals surface area contributed by atoms with Gasteiger partial charge in [0.1, 0.15) is 23.0 Å². The third kappa shape index (κ3) is 4.73. The number of para-hydroxylation sites is 6. The molecule has 2 aliphatic heterocycles. The van der Waals surface area contributed by atoms with Gasteiger partial charge in [-0.05, 0) is 83.6 Å². The second-order valence-electron chi connectivity index (χ2n) is 15.9. The van der Waals surface area contributed by atoms with Crippen molar-refractivity contribution in [3.8, 4) is 45.5 Å². The molecule has 1 aliphatic carbocycles. The van der Waals surface area contributed by atoms with E-state index in [9.17, 15) is 0 Å². The van der Waals surface area contributed by atoms with Crippen LogP contribution in [-0.2, 0) is 6.42 Å². The monoisotopic (exact) mass is 754 g/mol. The molecule has 3 aliphatic rings. The molecular formula is C54H35BN2O2. The number of allylic oxidation sites excluding steroid dienone is 1. The minimum atomic E-state index is -0.0491. The fraction of sp³-hybridized carbons (Fsp3) is 0.0370. The number of hydrogen-bond acceptors (Lipinski definition) is 2. The fourth-order valence-corrected chi connectivity index (χ4v) is 10.3. The van der Waals surface area contributed by atoms with Crippen molar-refractivity contribution < 1.29 is 9.47 Å². The van der Waals surface area contributed by atoms with Gasteiger partial charge in [0, 0.05) is 61.3 Å². The molecule has 2 aromatic heterocycles. The number of nitrogens with zero attached hydrogens (tertiary/aromatic N) is 2. The summed E-state index contributed by atoms with van der Waals surface area (Å²) in [5.41, 5.74) is 15.2. The van der Waals surface area contributed by atoms with E-state index in [0.29, 0.717) is 0 Å². The minimum absolute atomic E-state index is 0.0379. The van der Waals surface area contributed by atoms with Crippen LogP contribution >= 0.6 is 0 Å². The normalized spacial score (nSPS) is 14.7. The number of rotatable bonds is 4. The van der Waals surface area contributed by atoms with Crippen LogP contribution in [0.2, 0.25) is 0 Å². The van der Waals surface area contributed by atoms with E-state index in [1.807, 2.05) is 0 Å². The summed E-state index contributed by atoms with van der Waals surface area (Å²) in [5.74, 6) is 3.59. The molecule has 0 spiro atoms. The predicted molar refractivity (Wildman–Crippen MR) is 243 cm³/mol. The third-order valence-corrected chi connectivity index (χ3v) is 12.8. The first-order chi connectivity index (χ1) is 29.3. The maximum Gasteiger partial charge on any atom is 0.260 e. The molecular weight excluding hydrogens is 719 g/mol. The van der Waals surface area contributed by atoms with Gasteiger partial charge >= 0.3 is 0 Å². The van der Waals surface area contributed by atoms with E-state index in [-0.39, 0.29) is 12.6 Å². The van der Waals surface area contributed by atoms with Gasteiger partial charge < -0.3 is 18.6 Å². The summed E-state index contributed by atoms with van der Waals surface area (Å²) in [4.78, 5) is 0. The molecule has 0 fully saturated rings. The Labute approximate surface area is 341 Å². The van der Waals surface area contributed by atoms with Crippen LogP contribution in [0.1, 0.15) is 22.7 Å². The van der Waals surface area contributed by atoms with Crippen LogP contribution in [0.3, 0.4) is 0 Å². The van der Waals surface area contributed by atoms with Crippen LogP contribution in [0.25, 0.3) is 61.3 Å². The van der Waals surface area contributed by atoms with Crippen molar-refractivity contribution >= 4 is 61.9 Å². The standard InChI is InChI=1S/C54H35BN2O2/c1-3-15-36(16-4-1)56-46-23-11-7-19-38(46)40-29-27-34(31-48(40)56)42-33-43(35-28-30-41-39-20-8-12-24-47(39)57(49(41)32-35)37-17-5-2-6-18-37)54-52-53(42)58-50-25-13-9-21-44(50)55(52)45-22-10-14-26-51(45)59-54/h1-31,33,35H,32H2. The first-order valence-corrected chi connectivity index (χ1v) is 20.5. The van der Waals surface area contributed by atoms with Crippen molar-refractivity contribution in [1.82, 2.24) is 9.13 Å². The quantitative estimate of drug-likeness (QED) is 0.167. The van der Waals surface area contributed by atoms with Gasteiger partial charge in [0.2, 0.25) is 0 Å². The van der Waals surface area contributed by atoms with E-state index in [1.165, 1.54) is 44.1 Å². The number of ether oxygens (including phenoxy) is 2.